The van der Waals surface area contributed by atoms with Gasteiger partial charge in [-0.2, -0.15) is 0 Å². The Kier molecular flexibility index (Phi) is 5.10. The molecule has 0 bridgehead atoms. The van der Waals surface area contributed by atoms with Gasteiger partial charge in [-0.05, 0) is 37.1 Å². The zero-order valence-corrected chi connectivity index (χ0v) is 18.9. The summed E-state index contributed by atoms with van der Waals surface area (Å²) < 4.78 is 5.32. The normalized spacial score (nSPS) is 24.3. The number of hydrogen-bond donors (Lipinski definition) is 1. The number of amides is 1. The molecule has 31 heavy (non-hydrogen) atoms. The van der Waals surface area contributed by atoms with Crippen LogP contribution in [0.5, 0.6) is 5.75 Å². The molecule has 1 saturated heterocycles. The van der Waals surface area contributed by atoms with Crippen LogP contribution in [0.15, 0.2) is 63.9 Å². The second-order valence-corrected chi connectivity index (χ2v) is 10.0. The molecule has 0 radical (unpaired) electrons. The molecule has 2 aliphatic heterocycles. The number of ether oxygens (including phenoxy) is 1. The van der Waals surface area contributed by atoms with E-state index in [1.807, 2.05) is 37.3 Å². The van der Waals surface area contributed by atoms with E-state index in [4.69, 9.17) is 4.74 Å². The maximum atomic E-state index is 13.4. The average molecular weight is 451 g/mol. The first kappa shape index (κ1) is 20.3. The maximum absolute atomic E-state index is 13.4. The highest BCUT2D eigenvalue weighted by atomic mass is 32.2. The van der Waals surface area contributed by atoms with Crippen molar-refractivity contribution in [2.75, 3.05) is 19.0 Å². The van der Waals surface area contributed by atoms with Crippen LogP contribution in [-0.2, 0) is 11.2 Å². The SMILES string of the molecule is C=CCN1C(=O)/C(=C2/Nc3ccc(OC)cc3S2)SC1C1Cc2cc(C)ccc2C1=O. The number of benzene rings is 2. The lowest BCUT2D eigenvalue weighted by Gasteiger charge is -2.25. The number of aryl methyl sites for hydroxylation is 1. The molecule has 2 aromatic rings. The van der Waals surface area contributed by atoms with Crippen molar-refractivity contribution in [3.05, 3.63) is 75.7 Å². The summed E-state index contributed by atoms with van der Waals surface area (Å²) in [6, 6.07) is 11.8. The molecule has 2 unspecified atom stereocenters. The summed E-state index contributed by atoms with van der Waals surface area (Å²) in [6.45, 7) is 6.28. The summed E-state index contributed by atoms with van der Waals surface area (Å²) in [7, 11) is 1.64. The number of nitrogens with zero attached hydrogens (tertiary/aromatic N) is 1. The van der Waals surface area contributed by atoms with E-state index < -0.39 is 0 Å². The molecule has 0 spiro atoms. The number of hydrogen-bond acceptors (Lipinski definition) is 6. The van der Waals surface area contributed by atoms with Gasteiger partial charge in [0.05, 0.1) is 29.1 Å². The van der Waals surface area contributed by atoms with Crippen molar-refractivity contribution in [2.24, 2.45) is 5.92 Å². The van der Waals surface area contributed by atoms with Gasteiger partial charge in [0, 0.05) is 17.0 Å². The van der Waals surface area contributed by atoms with E-state index in [0.29, 0.717) is 17.9 Å². The van der Waals surface area contributed by atoms with Crippen molar-refractivity contribution < 1.29 is 14.3 Å². The molecule has 158 valence electrons. The molecule has 2 atom stereocenters. The number of nitrogens with one attached hydrogen (secondary N) is 1. The molecule has 2 heterocycles. The van der Waals surface area contributed by atoms with E-state index in [-0.39, 0.29) is 23.0 Å². The molecule has 5 nitrogen and oxygen atoms in total. The summed E-state index contributed by atoms with van der Waals surface area (Å²) in [6.07, 6.45) is 2.39. The quantitative estimate of drug-likeness (QED) is 0.532. The summed E-state index contributed by atoms with van der Waals surface area (Å²) in [5.74, 6) is 0.600. The summed E-state index contributed by atoms with van der Waals surface area (Å²) in [5.41, 5.74) is 3.97. The third kappa shape index (κ3) is 3.36. The van der Waals surface area contributed by atoms with Gasteiger partial charge in [0.15, 0.2) is 5.78 Å². The van der Waals surface area contributed by atoms with Gasteiger partial charge in [-0.1, -0.05) is 53.4 Å². The van der Waals surface area contributed by atoms with Crippen molar-refractivity contribution in [3.8, 4) is 5.75 Å². The topological polar surface area (TPSA) is 58.6 Å². The van der Waals surface area contributed by atoms with E-state index >= 15 is 0 Å². The lowest BCUT2D eigenvalue weighted by atomic mass is 10.0. The number of carbonyl (C=O) groups excluding carboxylic acids is 2. The van der Waals surface area contributed by atoms with Crippen molar-refractivity contribution >= 4 is 40.9 Å². The number of ketones is 1. The lowest BCUT2D eigenvalue weighted by molar-refractivity contribution is -0.126. The maximum Gasteiger partial charge on any atom is 0.264 e. The monoisotopic (exact) mass is 450 g/mol. The van der Waals surface area contributed by atoms with Crippen LogP contribution in [0.25, 0.3) is 0 Å². The molecule has 1 amide bonds. The Labute approximate surface area is 189 Å². The summed E-state index contributed by atoms with van der Waals surface area (Å²) in [5, 5.41) is 3.95. The molecule has 2 aromatic carbocycles. The van der Waals surface area contributed by atoms with Gasteiger partial charge in [-0.15, -0.1) is 6.58 Å². The first-order valence-corrected chi connectivity index (χ1v) is 11.8. The largest absolute Gasteiger partial charge is 0.497 e. The Balaban J connectivity index is 1.47. The van der Waals surface area contributed by atoms with Crippen molar-refractivity contribution in [1.29, 1.82) is 0 Å². The van der Waals surface area contributed by atoms with Crippen LogP contribution in [-0.4, -0.2) is 35.6 Å². The molecule has 0 saturated carbocycles. The van der Waals surface area contributed by atoms with E-state index in [9.17, 15) is 9.59 Å². The number of methoxy groups -OCH3 is 1. The van der Waals surface area contributed by atoms with Gasteiger partial charge >= 0.3 is 0 Å². The standard InChI is InChI=1S/C24H22N2O3S2/c1-4-9-26-23(28)21(22-25-18-8-6-15(29-3)12-19(18)30-22)31-24(26)17-11-14-10-13(2)5-7-16(14)20(17)27/h4-8,10,12,17,24-25H,1,9,11H2,2-3H3/b22-21+. The van der Waals surface area contributed by atoms with Gasteiger partial charge in [-0.3, -0.25) is 9.59 Å². The van der Waals surface area contributed by atoms with Crippen LogP contribution < -0.4 is 10.1 Å². The third-order valence-electron chi connectivity index (χ3n) is 5.83. The Hall–Kier alpha value is -2.64. The second-order valence-electron chi connectivity index (χ2n) is 7.84. The van der Waals surface area contributed by atoms with Crippen molar-refractivity contribution in [1.82, 2.24) is 4.90 Å². The number of Topliss-reactive ketones (excluding diaryl/α,β-unsaturated/α-hetero) is 1. The van der Waals surface area contributed by atoms with Crippen LogP contribution in [0.4, 0.5) is 5.69 Å². The second kappa shape index (κ2) is 7.80. The molecule has 3 aliphatic rings. The summed E-state index contributed by atoms with van der Waals surface area (Å²) in [4.78, 5) is 30.0. The molecular weight excluding hydrogens is 428 g/mol. The molecule has 1 fully saturated rings. The minimum Gasteiger partial charge on any atom is -0.497 e. The fourth-order valence-electron chi connectivity index (χ4n) is 4.33. The minimum atomic E-state index is -0.252. The predicted molar refractivity (Wildman–Crippen MR) is 125 cm³/mol. The zero-order chi connectivity index (χ0) is 21.7. The molecule has 0 aromatic heterocycles. The van der Waals surface area contributed by atoms with Gasteiger partial charge in [0.1, 0.15) is 10.7 Å². The predicted octanol–water partition coefficient (Wildman–Crippen LogP) is 4.83. The van der Waals surface area contributed by atoms with Crippen LogP contribution in [0, 0.1) is 12.8 Å². The van der Waals surface area contributed by atoms with Gasteiger partial charge < -0.3 is 15.0 Å². The molecular formula is C24H22N2O3S2. The lowest BCUT2D eigenvalue weighted by Crippen LogP contribution is -2.39. The number of carbonyl (C=O) groups is 2. The molecule has 1 N–H and O–H groups in total. The number of anilines is 1. The zero-order valence-electron chi connectivity index (χ0n) is 17.3. The first-order chi connectivity index (χ1) is 15.0. The Bertz CT molecular complexity index is 1160. The fraction of sp³-hybridized carbons (Fsp3) is 0.250. The van der Waals surface area contributed by atoms with Crippen LogP contribution in [0.3, 0.4) is 0 Å². The van der Waals surface area contributed by atoms with E-state index in [1.165, 1.54) is 23.5 Å². The molecule has 5 rings (SSSR count). The summed E-state index contributed by atoms with van der Waals surface area (Å²) >= 11 is 3.02. The third-order valence-corrected chi connectivity index (χ3v) is 8.47. The molecule has 1 aliphatic carbocycles. The van der Waals surface area contributed by atoms with E-state index in [0.717, 1.165) is 38.1 Å². The number of fused-ring (bicyclic) bond motifs is 2. The van der Waals surface area contributed by atoms with E-state index in [2.05, 4.69) is 18.0 Å². The van der Waals surface area contributed by atoms with Crippen LogP contribution in [0.2, 0.25) is 0 Å². The van der Waals surface area contributed by atoms with Gasteiger partial charge in [-0.25, -0.2) is 0 Å². The van der Waals surface area contributed by atoms with Crippen molar-refractivity contribution in [2.45, 2.75) is 23.6 Å². The van der Waals surface area contributed by atoms with Crippen molar-refractivity contribution in [3.63, 3.8) is 0 Å². The highest BCUT2D eigenvalue weighted by Crippen LogP contribution is 2.51. The average Bonchev–Trinajstić information content (AvgIpc) is 3.42. The smallest absolute Gasteiger partial charge is 0.264 e. The van der Waals surface area contributed by atoms with Gasteiger partial charge in [0.25, 0.3) is 5.91 Å². The highest BCUT2D eigenvalue weighted by molar-refractivity contribution is 8.08. The van der Waals surface area contributed by atoms with Crippen LogP contribution >= 0.6 is 23.5 Å². The Morgan fingerprint density at radius 3 is 2.87 bits per heavy atom. The number of rotatable bonds is 4. The minimum absolute atomic E-state index is 0.0513. The van der Waals surface area contributed by atoms with Crippen LogP contribution in [0.1, 0.15) is 21.5 Å². The number of thioether (sulfide) groups is 2. The highest BCUT2D eigenvalue weighted by Gasteiger charge is 2.47. The molecule has 7 heteroatoms. The van der Waals surface area contributed by atoms with Gasteiger partial charge in [0.2, 0.25) is 0 Å². The fourth-order valence-corrected chi connectivity index (χ4v) is 6.87. The first-order valence-electron chi connectivity index (χ1n) is 10.1. The Morgan fingerprint density at radius 2 is 2.10 bits per heavy atom. The Morgan fingerprint density at radius 1 is 1.26 bits per heavy atom. The van der Waals surface area contributed by atoms with E-state index in [1.54, 1.807) is 18.1 Å².